The van der Waals surface area contributed by atoms with Crippen LogP contribution >= 0.6 is 11.6 Å². The molecule has 1 aliphatic rings. The number of ether oxygens (including phenoxy) is 1. The predicted octanol–water partition coefficient (Wildman–Crippen LogP) is 4.49. The monoisotopic (exact) mass is 447 g/mol. The van der Waals surface area contributed by atoms with Gasteiger partial charge in [-0.3, -0.25) is 4.79 Å². The zero-order valence-electron chi connectivity index (χ0n) is 17.8. The van der Waals surface area contributed by atoms with Crippen LogP contribution in [0.15, 0.2) is 54.9 Å². The van der Waals surface area contributed by atoms with Crippen molar-refractivity contribution in [1.82, 2.24) is 24.8 Å². The maximum absolute atomic E-state index is 12.0. The van der Waals surface area contributed by atoms with Gasteiger partial charge in [0.1, 0.15) is 17.8 Å². The first-order valence-corrected chi connectivity index (χ1v) is 10.8. The topological polar surface area (TPSA) is 81.9 Å². The molecule has 32 heavy (non-hydrogen) atoms. The summed E-state index contributed by atoms with van der Waals surface area (Å²) in [6.07, 6.45) is 3.48. The number of carbonyl (C=O) groups excluding carboxylic acids is 1. The number of carbonyl (C=O) groups is 1. The summed E-state index contributed by atoms with van der Waals surface area (Å²) in [4.78, 5) is 25.8. The number of halogens is 1. The molecule has 1 fully saturated rings. The van der Waals surface area contributed by atoms with Gasteiger partial charge in [0.15, 0.2) is 11.2 Å². The van der Waals surface area contributed by atoms with E-state index in [1.165, 1.54) is 6.33 Å². The Morgan fingerprint density at radius 2 is 1.97 bits per heavy atom. The van der Waals surface area contributed by atoms with Crippen LogP contribution in [0.2, 0.25) is 5.02 Å². The molecule has 2 aromatic heterocycles. The van der Waals surface area contributed by atoms with Gasteiger partial charge < -0.3 is 14.6 Å². The normalized spacial score (nSPS) is 14.3. The maximum Gasteiger partial charge on any atom is 0.251 e. The Balaban J connectivity index is 1.67. The Morgan fingerprint density at radius 1 is 1.19 bits per heavy atom. The average Bonchev–Trinajstić information content (AvgIpc) is 3.42. The van der Waals surface area contributed by atoms with E-state index in [0.29, 0.717) is 45.6 Å². The Hall–Kier alpha value is -3.45. The van der Waals surface area contributed by atoms with E-state index in [0.717, 1.165) is 18.4 Å². The second-order valence-corrected chi connectivity index (χ2v) is 8.59. The minimum atomic E-state index is -0.199. The fourth-order valence-corrected chi connectivity index (χ4v) is 3.87. The quantitative estimate of drug-likeness (QED) is 0.471. The molecule has 2 heterocycles. The van der Waals surface area contributed by atoms with Crippen LogP contribution in [0.1, 0.15) is 35.7 Å². The molecule has 0 spiro atoms. The molecular weight excluding hydrogens is 426 g/mol. The first-order chi connectivity index (χ1) is 15.5. The van der Waals surface area contributed by atoms with Crippen molar-refractivity contribution < 1.29 is 9.53 Å². The summed E-state index contributed by atoms with van der Waals surface area (Å²) >= 11 is 6.62. The molecule has 0 unspecified atom stereocenters. The lowest BCUT2D eigenvalue weighted by Gasteiger charge is -2.12. The van der Waals surface area contributed by atoms with Crippen molar-refractivity contribution >= 4 is 28.7 Å². The fraction of sp³-hybridized carbons (Fsp3) is 0.250. The van der Waals surface area contributed by atoms with Crippen LogP contribution in [0.3, 0.4) is 0 Å². The van der Waals surface area contributed by atoms with Crippen LogP contribution in [0.5, 0.6) is 5.88 Å². The molecule has 0 bridgehead atoms. The molecule has 2 aromatic carbocycles. The van der Waals surface area contributed by atoms with E-state index in [4.69, 9.17) is 21.3 Å². The summed E-state index contributed by atoms with van der Waals surface area (Å²) in [5.41, 5.74) is 3.36. The van der Waals surface area contributed by atoms with Crippen molar-refractivity contribution in [3.63, 3.8) is 0 Å². The molecule has 7 nitrogen and oxygen atoms in total. The average molecular weight is 448 g/mol. The van der Waals surface area contributed by atoms with Crippen molar-refractivity contribution in [2.24, 2.45) is 0 Å². The Bertz CT molecular complexity index is 1310. The van der Waals surface area contributed by atoms with Gasteiger partial charge >= 0.3 is 0 Å². The van der Waals surface area contributed by atoms with Gasteiger partial charge in [-0.15, -0.1) is 0 Å². The summed E-state index contributed by atoms with van der Waals surface area (Å²) in [5.74, 6) is 0.917. The predicted molar refractivity (Wildman–Crippen MR) is 123 cm³/mol. The van der Waals surface area contributed by atoms with Gasteiger partial charge in [0.25, 0.3) is 5.91 Å². The number of aromatic nitrogens is 4. The van der Waals surface area contributed by atoms with Crippen LogP contribution in [0.4, 0.5) is 0 Å². The highest BCUT2D eigenvalue weighted by Gasteiger charge is 2.41. The number of hydrogen-bond donors (Lipinski definition) is 1. The maximum atomic E-state index is 12.0. The van der Waals surface area contributed by atoms with Crippen molar-refractivity contribution in [2.75, 3.05) is 7.05 Å². The van der Waals surface area contributed by atoms with Gasteiger partial charge in [-0.25, -0.2) is 9.97 Å². The number of benzene rings is 2. The molecule has 1 saturated carbocycles. The molecule has 1 amide bonds. The molecule has 1 N–H and O–H groups in total. The largest absolute Gasteiger partial charge is 0.470 e. The van der Waals surface area contributed by atoms with E-state index in [-0.39, 0.29) is 11.5 Å². The van der Waals surface area contributed by atoms with Crippen molar-refractivity contribution in [3.8, 4) is 17.3 Å². The lowest BCUT2D eigenvalue weighted by molar-refractivity contribution is 0.0963. The number of imidazole rings is 1. The molecule has 5 rings (SSSR count). The Labute approximate surface area is 190 Å². The lowest BCUT2D eigenvalue weighted by Crippen LogP contribution is -2.17. The minimum Gasteiger partial charge on any atom is -0.470 e. The van der Waals surface area contributed by atoms with Crippen molar-refractivity contribution in [2.45, 2.75) is 31.9 Å². The number of rotatable bonds is 6. The van der Waals surface area contributed by atoms with Crippen LogP contribution in [-0.4, -0.2) is 38.1 Å². The first-order valence-electron chi connectivity index (χ1n) is 10.4. The smallest absolute Gasteiger partial charge is 0.251 e. The Kier molecular flexibility index (Phi) is 5.06. The molecule has 162 valence electrons. The molecule has 8 heteroatoms. The lowest BCUT2D eigenvalue weighted by atomic mass is 10.1. The van der Waals surface area contributed by atoms with Crippen LogP contribution in [0.25, 0.3) is 22.6 Å². The van der Waals surface area contributed by atoms with Gasteiger partial charge in [-0.1, -0.05) is 41.9 Å². The van der Waals surface area contributed by atoms with E-state index < -0.39 is 0 Å². The third kappa shape index (κ3) is 3.80. The summed E-state index contributed by atoms with van der Waals surface area (Å²) < 4.78 is 8.17. The molecule has 4 aromatic rings. The standard InChI is InChI=1S/C24H22ClN5O2/c1-24(10-11-24)32-23-19-21(27-14-28-23)30(13-15-6-4-3-5-7-15)20(29-19)17-9-8-16(12-18(17)25)22(31)26-2/h3-9,12,14H,10-11,13H2,1-2H3,(H,26,31). The molecule has 1 aliphatic carbocycles. The SMILES string of the molecule is CNC(=O)c1ccc(-c2nc3c(OC4(C)CC4)ncnc3n2Cc2ccccc2)c(Cl)c1. The number of hydrogen-bond acceptors (Lipinski definition) is 5. The van der Waals surface area contributed by atoms with E-state index in [1.807, 2.05) is 28.8 Å². The summed E-state index contributed by atoms with van der Waals surface area (Å²) in [6.45, 7) is 2.62. The highest BCUT2D eigenvalue weighted by atomic mass is 35.5. The van der Waals surface area contributed by atoms with Gasteiger partial charge in [-0.05, 0) is 43.5 Å². The van der Waals surface area contributed by atoms with E-state index >= 15 is 0 Å². The van der Waals surface area contributed by atoms with Crippen LogP contribution in [0, 0.1) is 0 Å². The van der Waals surface area contributed by atoms with Crippen molar-refractivity contribution in [3.05, 3.63) is 71.0 Å². The van der Waals surface area contributed by atoms with Gasteiger partial charge in [-0.2, -0.15) is 4.98 Å². The number of nitrogens with zero attached hydrogens (tertiary/aromatic N) is 4. The van der Waals surface area contributed by atoms with E-state index in [1.54, 1.807) is 19.2 Å². The zero-order valence-corrected chi connectivity index (χ0v) is 18.6. The summed E-state index contributed by atoms with van der Waals surface area (Å²) in [6, 6.07) is 15.3. The molecule has 0 saturated heterocycles. The zero-order chi connectivity index (χ0) is 22.3. The number of fused-ring (bicyclic) bond motifs is 1. The molecule has 0 aliphatic heterocycles. The van der Waals surface area contributed by atoms with E-state index in [9.17, 15) is 4.79 Å². The minimum absolute atomic E-state index is 0.197. The highest BCUT2D eigenvalue weighted by molar-refractivity contribution is 6.33. The van der Waals surface area contributed by atoms with Crippen LogP contribution in [-0.2, 0) is 6.54 Å². The number of nitrogens with one attached hydrogen (secondary N) is 1. The number of amides is 1. The Morgan fingerprint density at radius 3 is 2.66 bits per heavy atom. The molecular formula is C24H22ClN5O2. The van der Waals surface area contributed by atoms with Gasteiger partial charge in [0.05, 0.1) is 11.6 Å². The van der Waals surface area contributed by atoms with E-state index in [2.05, 4.69) is 34.3 Å². The fourth-order valence-electron chi connectivity index (χ4n) is 3.61. The second kappa shape index (κ2) is 7.91. The third-order valence-electron chi connectivity index (χ3n) is 5.68. The molecule has 0 radical (unpaired) electrons. The van der Waals surface area contributed by atoms with Crippen LogP contribution < -0.4 is 10.1 Å². The highest BCUT2D eigenvalue weighted by Crippen LogP contribution is 2.41. The summed E-state index contributed by atoms with van der Waals surface area (Å²) in [5, 5.41) is 3.05. The molecule has 0 atom stereocenters. The second-order valence-electron chi connectivity index (χ2n) is 8.18. The third-order valence-corrected chi connectivity index (χ3v) is 5.99. The van der Waals surface area contributed by atoms with Crippen molar-refractivity contribution in [1.29, 1.82) is 0 Å². The first kappa shape index (κ1) is 20.5. The van der Waals surface area contributed by atoms with Gasteiger partial charge in [0.2, 0.25) is 5.88 Å². The van der Waals surface area contributed by atoms with Gasteiger partial charge in [0, 0.05) is 18.2 Å². The summed E-state index contributed by atoms with van der Waals surface area (Å²) in [7, 11) is 1.59.